The van der Waals surface area contributed by atoms with Crippen molar-refractivity contribution in [2.75, 3.05) is 6.54 Å². The number of rotatable bonds is 6. The number of carbonyl (C=O) groups is 1. The van der Waals surface area contributed by atoms with Gasteiger partial charge >= 0.3 is 6.18 Å². The zero-order valence-electron chi connectivity index (χ0n) is 17.9. The van der Waals surface area contributed by atoms with E-state index in [0.29, 0.717) is 23.9 Å². The smallest absolute Gasteiger partial charge is 0.416 e. The normalized spacial score (nSPS) is 11.5. The van der Waals surface area contributed by atoms with Gasteiger partial charge in [-0.1, -0.05) is 24.3 Å². The highest BCUT2D eigenvalue weighted by molar-refractivity contribution is 7.10. The largest absolute Gasteiger partial charge is 0.437 e. The summed E-state index contributed by atoms with van der Waals surface area (Å²) in [5.74, 6) is -0.686. The third-order valence-electron chi connectivity index (χ3n) is 5.31. The fourth-order valence-corrected chi connectivity index (χ4v) is 4.30. The second-order valence-electron chi connectivity index (χ2n) is 7.47. The summed E-state index contributed by atoms with van der Waals surface area (Å²) in [6, 6.07) is 11.3. The molecular weight excluding hydrogens is 451 g/mol. The second-order valence-corrected chi connectivity index (χ2v) is 8.56. The van der Waals surface area contributed by atoms with Gasteiger partial charge in [-0.05, 0) is 61.0 Å². The fraction of sp³-hybridized carbons (Fsp3) is 0.208. The van der Waals surface area contributed by atoms with Crippen molar-refractivity contribution in [2.45, 2.75) is 26.4 Å². The lowest BCUT2D eigenvalue weighted by atomic mass is 10.1. The highest BCUT2D eigenvalue weighted by Gasteiger charge is 2.31. The Bertz CT molecular complexity index is 1320. The van der Waals surface area contributed by atoms with Crippen LogP contribution in [0.3, 0.4) is 0 Å². The lowest BCUT2D eigenvalue weighted by Gasteiger charge is -2.13. The van der Waals surface area contributed by atoms with Crippen LogP contribution in [0.25, 0.3) is 10.9 Å². The molecule has 0 radical (unpaired) electrons. The van der Waals surface area contributed by atoms with Gasteiger partial charge in [0, 0.05) is 16.8 Å². The summed E-state index contributed by atoms with van der Waals surface area (Å²) >= 11 is 1.66. The Morgan fingerprint density at radius 2 is 1.88 bits per heavy atom. The summed E-state index contributed by atoms with van der Waals surface area (Å²) < 4.78 is 44.9. The number of thiophene rings is 1. The molecule has 0 aliphatic carbocycles. The Morgan fingerprint density at radius 1 is 1.09 bits per heavy atom. The molecule has 0 aliphatic rings. The minimum absolute atomic E-state index is 0.0900. The predicted octanol–water partition coefficient (Wildman–Crippen LogP) is 6.09. The number of ether oxygens (including phenoxy) is 1. The van der Waals surface area contributed by atoms with E-state index in [2.05, 4.69) is 20.9 Å². The van der Waals surface area contributed by atoms with Crippen LogP contribution in [0.15, 0.2) is 53.9 Å². The molecule has 0 aliphatic heterocycles. The van der Waals surface area contributed by atoms with Gasteiger partial charge in [0.05, 0.1) is 11.1 Å². The van der Waals surface area contributed by atoms with Crippen molar-refractivity contribution < 1.29 is 22.7 Å². The average Bonchev–Trinajstić information content (AvgIpc) is 3.11. The van der Waals surface area contributed by atoms with E-state index in [1.54, 1.807) is 35.6 Å². The summed E-state index contributed by atoms with van der Waals surface area (Å²) in [5, 5.41) is 13.5. The Morgan fingerprint density at radius 3 is 2.61 bits per heavy atom. The number of halogens is 3. The minimum Gasteiger partial charge on any atom is -0.437 e. The molecular formula is C24H20F3N3O2S. The molecule has 0 spiro atoms. The van der Waals surface area contributed by atoms with Crippen molar-refractivity contribution in [2.24, 2.45) is 0 Å². The van der Waals surface area contributed by atoms with E-state index in [0.717, 1.165) is 17.7 Å². The van der Waals surface area contributed by atoms with Gasteiger partial charge in [0.15, 0.2) is 0 Å². The molecule has 0 fully saturated rings. The van der Waals surface area contributed by atoms with E-state index in [1.807, 2.05) is 13.8 Å². The summed E-state index contributed by atoms with van der Waals surface area (Å²) in [6.45, 7) is 4.48. The molecule has 1 amide bonds. The number of carbonyl (C=O) groups excluding carboxylic acids is 1. The monoisotopic (exact) mass is 471 g/mol. The van der Waals surface area contributed by atoms with Crippen LogP contribution in [-0.4, -0.2) is 22.6 Å². The average molecular weight is 472 g/mol. The van der Waals surface area contributed by atoms with Crippen LogP contribution < -0.4 is 10.1 Å². The molecule has 2 aromatic heterocycles. The van der Waals surface area contributed by atoms with Crippen LogP contribution in [0.4, 0.5) is 13.2 Å². The van der Waals surface area contributed by atoms with Crippen molar-refractivity contribution in [1.82, 2.24) is 15.5 Å². The Labute approximate surface area is 192 Å². The molecule has 5 nitrogen and oxygen atoms in total. The maximum Gasteiger partial charge on any atom is 0.416 e. The third-order valence-corrected chi connectivity index (χ3v) is 6.37. The zero-order chi connectivity index (χ0) is 23.6. The molecule has 1 N–H and O–H groups in total. The SMILES string of the molecule is Cc1scc(CCNC(=O)c2c(Oc3cccc(C(F)(F)F)c3)nnc3ccccc23)c1C. The van der Waals surface area contributed by atoms with Crippen molar-refractivity contribution in [3.8, 4) is 11.6 Å². The first-order valence-corrected chi connectivity index (χ1v) is 11.0. The fourth-order valence-electron chi connectivity index (χ4n) is 3.38. The molecule has 2 aromatic carbocycles. The zero-order valence-corrected chi connectivity index (χ0v) is 18.7. The number of alkyl halides is 3. The maximum atomic E-state index is 13.1. The maximum absolute atomic E-state index is 13.1. The molecule has 0 unspecified atom stereocenters. The van der Waals surface area contributed by atoms with Crippen molar-refractivity contribution >= 4 is 28.1 Å². The highest BCUT2D eigenvalue weighted by atomic mass is 32.1. The number of nitrogens with zero attached hydrogens (tertiary/aromatic N) is 2. The Hall–Kier alpha value is -3.46. The molecule has 0 saturated carbocycles. The lowest BCUT2D eigenvalue weighted by Crippen LogP contribution is -2.26. The van der Waals surface area contributed by atoms with E-state index < -0.39 is 17.6 Å². The molecule has 0 bridgehead atoms. The topological polar surface area (TPSA) is 64.1 Å². The van der Waals surface area contributed by atoms with Crippen LogP contribution in [0, 0.1) is 13.8 Å². The molecule has 9 heteroatoms. The third kappa shape index (κ3) is 4.98. The number of amides is 1. The number of nitrogens with one attached hydrogen (secondary N) is 1. The molecule has 2 heterocycles. The first-order valence-electron chi connectivity index (χ1n) is 10.2. The molecule has 0 saturated heterocycles. The summed E-state index contributed by atoms with van der Waals surface area (Å²) in [4.78, 5) is 14.4. The number of aromatic nitrogens is 2. The van der Waals surface area contributed by atoms with Crippen LogP contribution in [-0.2, 0) is 12.6 Å². The summed E-state index contributed by atoms with van der Waals surface area (Å²) in [5.41, 5.74) is 2.11. The van der Waals surface area contributed by atoms with Crippen LogP contribution >= 0.6 is 11.3 Å². The standard InChI is InChI=1S/C24H20F3N3O2S/c1-14-15(2)33-13-16(14)10-11-28-22(31)21-19-8-3-4-9-20(19)29-30-23(21)32-18-7-5-6-17(12-18)24(25,26)27/h3-9,12-13H,10-11H2,1-2H3,(H,28,31). The quantitative estimate of drug-likeness (QED) is 0.370. The number of hydrogen-bond donors (Lipinski definition) is 1. The molecule has 0 atom stereocenters. The molecule has 4 rings (SSSR count). The van der Waals surface area contributed by atoms with Gasteiger partial charge in [-0.25, -0.2) is 0 Å². The van der Waals surface area contributed by atoms with Gasteiger partial charge in [-0.2, -0.15) is 13.2 Å². The van der Waals surface area contributed by atoms with E-state index in [4.69, 9.17) is 4.74 Å². The first kappa shape index (κ1) is 22.7. The van der Waals surface area contributed by atoms with Crippen molar-refractivity contribution in [3.05, 3.63) is 81.0 Å². The van der Waals surface area contributed by atoms with Crippen molar-refractivity contribution in [1.29, 1.82) is 0 Å². The Balaban J connectivity index is 1.63. The van der Waals surface area contributed by atoms with E-state index in [9.17, 15) is 18.0 Å². The van der Waals surface area contributed by atoms with Gasteiger partial charge in [0.1, 0.15) is 11.3 Å². The van der Waals surface area contributed by atoms with Crippen LogP contribution in [0.5, 0.6) is 11.6 Å². The molecule has 170 valence electrons. The Kier molecular flexibility index (Phi) is 6.33. The number of fused-ring (bicyclic) bond motifs is 1. The van der Waals surface area contributed by atoms with E-state index in [-0.39, 0.29) is 17.2 Å². The molecule has 4 aromatic rings. The van der Waals surface area contributed by atoms with E-state index >= 15 is 0 Å². The van der Waals surface area contributed by atoms with Gasteiger partial charge < -0.3 is 10.1 Å². The number of aryl methyl sites for hydroxylation is 1. The number of hydrogen-bond acceptors (Lipinski definition) is 5. The highest BCUT2D eigenvalue weighted by Crippen LogP contribution is 2.34. The summed E-state index contributed by atoms with van der Waals surface area (Å²) in [6.07, 6.45) is -3.87. The van der Waals surface area contributed by atoms with Gasteiger partial charge in [-0.15, -0.1) is 21.5 Å². The molecule has 33 heavy (non-hydrogen) atoms. The van der Waals surface area contributed by atoms with Crippen LogP contribution in [0.1, 0.15) is 31.9 Å². The second kappa shape index (κ2) is 9.19. The number of benzene rings is 2. The van der Waals surface area contributed by atoms with Gasteiger partial charge in [-0.3, -0.25) is 4.79 Å². The first-order chi connectivity index (χ1) is 15.7. The predicted molar refractivity (Wildman–Crippen MR) is 121 cm³/mol. The van der Waals surface area contributed by atoms with Crippen LogP contribution in [0.2, 0.25) is 0 Å². The van der Waals surface area contributed by atoms with Crippen molar-refractivity contribution in [3.63, 3.8) is 0 Å². The minimum atomic E-state index is -4.52. The summed E-state index contributed by atoms with van der Waals surface area (Å²) in [7, 11) is 0. The van der Waals surface area contributed by atoms with E-state index in [1.165, 1.54) is 22.6 Å². The van der Waals surface area contributed by atoms with Gasteiger partial charge in [0.25, 0.3) is 11.8 Å². The van der Waals surface area contributed by atoms with Gasteiger partial charge in [0.2, 0.25) is 0 Å². The lowest BCUT2D eigenvalue weighted by molar-refractivity contribution is -0.137.